The SMILES string of the molecule is COc1ccc(S(=O)(=O)N(CC(C)C)C[C@@H](O)[C@H](Cc2ccc(C=O)cc2)NC(=O)OC2CO[C@H]3OCC[C@@H]23)cc1. The summed E-state index contributed by atoms with van der Waals surface area (Å²) < 4.78 is 50.3. The third-order valence-electron chi connectivity index (χ3n) is 7.24. The first-order valence-electron chi connectivity index (χ1n) is 13.7. The first kappa shape index (κ1) is 30.9. The van der Waals surface area contributed by atoms with E-state index in [1.54, 1.807) is 36.4 Å². The first-order valence-corrected chi connectivity index (χ1v) is 15.1. The lowest BCUT2D eigenvalue weighted by Crippen LogP contribution is -2.51. The fraction of sp³-hybridized carbons (Fsp3) is 0.517. The predicted octanol–water partition coefficient (Wildman–Crippen LogP) is 2.61. The number of ether oxygens (including phenoxy) is 4. The lowest BCUT2D eigenvalue weighted by Gasteiger charge is -2.31. The van der Waals surface area contributed by atoms with Gasteiger partial charge >= 0.3 is 6.09 Å². The average molecular weight is 591 g/mol. The molecule has 0 bridgehead atoms. The van der Waals surface area contributed by atoms with Crippen LogP contribution in [0, 0.1) is 11.8 Å². The molecule has 41 heavy (non-hydrogen) atoms. The monoisotopic (exact) mass is 590 g/mol. The molecular weight excluding hydrogens is 552 g/mol. The predicted molar refractivity (Wildman–Crippen MR) is 149 cm³/mol. The number of alkyl carbamates (subject to hydrolysis) is 1. The minimum atomic E-state index is -3.98. The molecule has 1 amide bonds. The zero-order chi connectivity index (χ0) is 29.6. The van der Waals surface area contributed by atoms with Gasteiger partial charge < -0.3 is 29.4 Å². The summed E-state index contributed by atoms with van der Waals surface area (Å²) in [5.41, 5.74) is 1.23. The summed E-state index contributed by atoms with van der Waals surface area (Å²) in [7, 11) is -2.49. The fourth-order valence-electron chi connectivity index (χ4n) is 5.05. The summed E-state index contributed by atoms with van der Waals surface area (Å²) in [5.74, 6) is 0.425. The maximum absolute atomic E-state index is 13.6. The van der Waals surface area contributed by atoms with Gasteiger partial charge in [-0.05, 0) is 48.6 Å². The normalized spacial score (nSPS) is 21.9. The number of rotatable bonds is 13. The Morgan fingerprint density at radius 3 is 2.46 bits per heavy atom. The lowest BCUT2D eigenvalue weighted by molar-refractivity contribution is -0.0907. The highest BCUT2D eigenvalue weighted by Crippen LogP contribution is 2.33. The van der Waals surface area contributed by atoms with Crippen LogP contribution in [-0.4, -0.2) is 88.2 Å². The molecule has 1 unspecified atom stereocenters. The van der Waals surface area contributed by atoms with Crippen molar-refractivity contribution < 1.29 is 42.1 Å². The number of carbonyl (C=O) groups excluding carboxylic acids is 2. The number of aldehydes is 1. The van der Waals surface area contributed by atoms with Crippen LogP contribution >= 0.6 is 0 Å². The Hall–Kier alpha value is -3.03. The maximum Gasteiger partial charge on any atom is 0.407 e. The number of aliphatic hydroxyl groups is 1. The molecule has 4 rings (SSSR count). The Bertz CT molecular complexity index is 1270. The molecule has 2 aromatic rings. The van der Waals surface area contributed by atoms with Crippen molar-refractivity contribution in [3.8, 4) is 5.75 Å². The highest BCUT2D eigenvalue weighted by Gasteiger charge is 2.44. The summed E-state index contributed by atoms with van der Waals surface area (Å²) in [6.07, 6.45) is -1.30. The average Bonchev–Trinajstić information content (AvgIpc) is 3.57. The van der Waals surface area contributed by atoms with E-state index >= 15 is 0 Å². The molecule has 0 aliphatic carbocycles. The molecule has 224 valence electrons. The van der Waals surface area contributed by atoms with Crippen LogP contribution in [0.1, 0.15) is 36.2 Å². The Labute approximate surface area is 240 Å². The molecule has 2 N–H and O–H groups in total. The quantitative estimate of drug-likeness (QED) is 0.337. The molecule has 0 radical (unpaired) electrons. The molecule has 0 aromatic heterocycles. The number of methoxy groups -OCH3 is 1. The van der Waals surface area contributed by atoms with E-state index < -0.39 is 40.7 Å². The van der Waals surface area contributed by atoms with Crippen molar-refractivity contribution in [2.75, 3.05) is 33.4 Å². The highest BCUT2D eigenvalue weighted by molar-refractivity contribution is 7.89. The summed E-state index contributed by atoms with van der Waals surface area (Å²) >= 11 is 0. The Balaban J connectivity index is 1.53. The van der Waals surface area contributed by atoms with Crippen molar-refractivity contribution in [3.63, 3.8) is 0 Å². The zero-order valence-corrected chi connectivity index (χ0v) is 24.3. The van der Waals surface area contributed by atoms with Crippen molar-refractivity contribution in [1.82, 2.24) is 9.62 Å². The number of nitrogens with one attached hydrogen (secondary N) is 1. The van der Waals surface area contributed by atoms with E-state index in [1.807, 2.05) is 13.8 Å². The molecule has 2 saturated heterocycles. The van der Waals surface area contributed by atoms with Gasteiger partial charge in [0.2, 0.25) is 10.0 Å². The van der Waals surface area contributed by atoms with Crippen LogP contribution in [-0.2, 0) is 30.7 Å². The van der Waals surface area contributed by atoms with Gasteiger partial charge in [-0.1, -0.05) is 38.1 Å². The van der Waals surface area contributed by atoms with E-state index in [2.05, 4.69) is 5.32 Å². The van der Waals surface area contributed by atoms with Gasteiger partial charge in [0.25, 0.3) is 0 Å². The summed E-state index contributed by atoms with van der Waals surface area (Å²) in [6, 6.07) is 11.9. The summed E-state index contributed by atoms with van der Waals surface area (Å²) in [5, 5.41) is 14.2. The van der Waals surface area contributed by atoms with Crippen molar-refractivity contribution in [2.45, 2.75) is 56.1 Å². The van der Waals surface area contributed by atoms with E-state index in [0.29, 0.717) is 24.3 Å². The molecule has 11 nitrogen and oxygen atoms in total. The van der Waals surface area contributed by atoms with E-state index in [4.69, 9.17) is 18.9 Å². The van der Waals surface area contributed by atoms with Crippen LogP contribution in [0.2, 0.25) is 0 Å². The minimum absolute atomic E-state index is 0.0357. The van der Waals surface area contributed by atoms with Gasteiger partial charge in [0.15, 0.2) is 6.29 Å². The van der Waals surface area contributed by atoms with Crippen LogP contribution < -0.4 is 10.1 Å². The number of sulfonamides is 1. The Morgan fingerprint density at radius 1 is 1.12 bits per heavy atom. The van der Waals surface area contributed by atoms with Gasteiger partial charge in [-0.15, -0.1) is 0 Å². The molecular formula is C29H38N2O9S. The fourth-order valence-corrected chi connectivity index (χ4v) is 6.67. The van der Waals surface area contributed by atoms with Crippen LogP contribution in [0.25, 0.3) is 0 Å². The van der Waals surface area contributed by atoms with Gasteiger partial charge in [-0.2, -0.15) is 4.31 Å². The van der Waals surface area contributed by atoms with Gasteiger partial charge in [0.05, 0.1) is 43.3 Å². The van der Waals surface area contributed by atoms with Gasteiger partial charge in [0, 0.05) is 18.7 Å². The maximum atomic E-state index is 13.6. The molecule has 2 aromatic carbocycles. The van der Waals surface area contributed by atoms with Crippen molar-refractivity contribution >= 4 is 22.4 Å². The zero-order valence-electron chi connectivity index (χ0n) is 23.5. The smallest absolute Gasteiger partial charge is 0.407 e. The van der Waals surface area contributed by atoms with Gasteiger partial charge in [-0.3, -0.25) is 4.79 Å². The second kappa shape index (κ2) is 13.8. The summed E-state index contributed by atoms with van der Waals surface area (Å²) in [4.78, 5) is 24.2. The minimum Gasteiger partial charge on any atom is -0.497 e. The molecule has 0 saturated carbocycles. The van der Waals surface area contributed by atoms with Crippen LogP contribution in [0.4, 0.5) is 4.79 Å². The number of fused-ring (bicyclic) bond motifs is 1. The number of nitrogens with zero attached hydrogens (tertiary/aromatic N) is 1. The molecule has 0 spiro atoms. The first-order chi connectivity index (χ1) is 19.6. The number of benzene rings is 2. The molecule has 2 aliphatic rings. The molecule has 5 atom stereocenters. The van der Waals surface area contributed by atoms with Crippen molar-refractivity contribution in [1.29, 1.82) is 0 Å². The van der Waals surface area contributed by atoms with E-state index in [-0.39, 0.29) is 42.8 Å². The third kappa shape index (κ3) is 7.83. The van der Waals surface area contributed by atoms with Crippen molar-refractivity contribution in [2.24, 2.45) is 11.8 Å². The number of hydrogen-bond acceptors (Lipinski definition) is 9. The van der Waals surface area contributed by atoms with E-state index in [1.165, 1.54) is 23.5 Å². The van der Waals surface area contributed by atoms with Crippen LogP contribution in [0.5, 0.6) is 5.75 Å². The third-order valence-corrected chi connectivity index (χ3v) is 9.09. The standard InChI is InChI=1S/C29H38N2O9S/c1-19(2)15-31(41(35,36)23-10-8-22(37-3)9-11-23)16-26(33)25(14-20-4-6-21(17-32)7-5-20)30-29(34)40-27-18-39-28-24(27)12-13-38-28/h4-11,17,19,24-28,33H,12-16,18H2,1-3H3,(H,30,34)/t24-,25-,26+,27?,28+/m0/s1. The van der Waals surface area contributed by atoms with Gasteiger partial charge in [0.1, 0.15) is 18.1 Å². The van der Waals surface area contributed by atoms with Crippen LogP contribution in [0.3, 0.4) is 0 Å². The number of amides is 1. The number of hydrogen-bond donors (Lipinski definition) is 2. The number of aliphatic hydroxyl groups excluding tert-OH is 1. The van der Waals surface area contributed by atoms with Crippen LogP contribution in [0.15, 0.2) is 53.4 Å². The lowest BCUT2D eigenvalue weighted by atomic mass is 10.00. The Morgan fingerprint density at radius 2 is 1.83 bits per heavy atom. The molecule has 2 heterocycles. The number of carbonyl (C=O) groups is 2. The molecule has 12 heteroatoms. The molecule has 2 aliphatic heterocycles. The topological polar surface area (TPSA) is 141 Å². The second-order valence-corrected chi connectivity index (χ2v) is 12.7. The largest absolute Gasteiger partial charge is 0.497 e. The summed E-state index contributed by atoms with van der Waals surface area (Å²) in [6.45, 7) is 4.39. The second-order valence-electron chi connectivity index (χ2n) is 10.7. The van der Waals surface area contributed by atoms with Gasteiger partial charge in [-0.25, -0.2) is 13.2 Å². The highest BCUT2D eigenvalue weighted by atomic mass is 32.2. The van der Waals surface area contributed by atoms with E-state index in [9.17, 15) is 23.1 Å². The van der Waals surface area contributed by atoms with Crippen molar-refractivity contribution in [3.05, 3.63) is 59.7 Å². The van der Waals surface area contributed by atoms with E-state index in [0.717, 1.165) is 11.8 Å². The molecule has 2 fully saturated rings. The Kier molecular flexibility index (Phi) is 10.4.